The fraction of sp³-hybridized carbons (Fsp3) is 0.300. The minimum Gasteiger partial charge on any atom is -0.485 e. The number of aryl methyl sites for hydroxylation is 2. The normalized spacial score (nSPS) is 11.0. The first-order valence-corrected chi connectivity index (χ1v) is 10.4. The Hall–Kier alpha value is -1.69. The Bertz CT molecular complexity index is 923. The summed E-state index contributed by atoms with van der Waals surface area (Å²) >= 11 is 13.7. The van der Waals surface area contributed by atoms with Gasteiger partial charge in [-0.1, -0.05) is 59.2 Å². The van der Waals surface area contributed by atoms with Gasteiger partial charge in [0, 0.05) is 12.3 Å². The number of nitrogens with zero attached hydrogens (tertiary/aromatic N) is 3. The molecular weight excluding hydrogens is 401 g/mol. The SMILES string of the molecule is CCn1c(COc2c(C)cccc2C)nnc1SCc1ccc(Cl)c(Cl)c1. The van der Waals surface area contributed by atoms with E-state index in [1.54, 1.807) is 11.8 Å². The Morgan fingerprint density at radius 3 is 2.44 bits per heavy atom. The smallest absolute Gasteiger partial charge is 0.191 e. The molecule has 0 amide bonds. The number of thioether (sulfide) groups is 1. The van der Waals surface area contributed by atoms with Gasteiger partial charge >= 0.3 is 0 Å². The molecule has 3 aromatic rings. The van der Waals surface area contributed by atoms with Crippen LogP contribution < -0.4 is 4.74 Å². The third-order valence-electron chi connectivity index (χ3n) is 4.22. The van der Waals surface area contributed by atoms with Gasteiger partial charge in [-0.3, -0.25) is 0 Å². The van der Waals surface area contributed by atoms with Gasteiger partial charge in [0.05, 0.1) is 10.0 Å². The minimum absolute atomic E-state index is 0.389. The molecule has 0 aliphatic carbocycles. The van der Waals surface area contributed by atoms with Crippen molar-refractivity contribution in [2.24, 2.45) is 0 Å². The quantitative estimate of drug-likeness (QED) is 0.432. The molecule has 4 nitrogen and oxygen atoms in total. The highest BCUT2D eigenvalue weighted by molar-refractivity contribution is 7.98. The number of ether oxygens (including phenoxy) is 1. The van der Waals surface area contributed by atoms with Crippen LogP contribution in [0.2, 0.25) is 10.0 Å². The molecule has 0 unspecified atom stereocenters. The molecule has 2 aromatic carbocycles. The van der Waals surface area contributed by atoms with Gasteiger partial charge in [0.2, 0.25) is 0 Å². The lowest BCUT2D eigenvalue weighted by Crippen LogP contribution is -2.08. The summed E-state index contributed by atoms with van der Waals surface area (Å²) in [7, 11) is 0. The summed E-state index contributed by atoms with van der Waals surface area (Å²) in [5.74, 6) is 2.47. The first-order chi connectivity index (χ1) is 13.0. The summed E-state index contributed by atoms with van der Waals surface area (Å²) in [5.41, 5.74) is 3.33. The average Bonchev–Trinajstić information content (AvgIpc) is 3.04. The van der Waals surface area contributed by atoms with E-state index in [9.17, 15) is 0 Å². The van der Waals surface area contributed by atoms with Gasteiger partial charge in [0.15, 0.2) is 11.0 Å². The van der Waals surface area contributed by atoms with E-state index in [4.69, 9.17) is 27.9 Å². The van der Waals surface area contributed by atoms with E-state index in [1.165, 1.54) is 0 Å². The molecule has 3 rings (SSSR count). The number of para-hydroxylation sites is 1. The van der Waals surface area contributed by atoms with Gasteiger partial charge in [-0.05, 0) is 49.6 Å². The lowest BCUT2D eigenvalue weighted by atomic mass is 10.1. The van der Waals surface area contributed by atoms with Crippen molar-refractivity contribution < 1.29 is 4.74 Å². The maximum atomic E-state index is 6.09. The predicted molar refractivity (Wildman–Crippen MR) is 112 cm³/mol. The summed E-state index contributed by atoms with van der Waals surface area (Å²) < 4.78 is 8.12. The molecule has 142 valence electrons. The van der Waals surface area contributed by atoms with Crippen molar-refractivity contribution in [3.8, 4) is 5.75 Å². The Morgan fingerprint density at radius 2 is 1.78 bits per heavy atom. The van der Waals surface area contributed by atoms with Crippen molar-refractivity contribution in [2.45, 2.75) is 44.8 Å². The zero-order valence-electron chi connectivity index (χ0n) is 15.5. The van der Waals surface area contributed by atoms with Gasteiger partial charge in [-0.2, -0.15) is 0 Å². The molecule has 0 saturated heterocycles. The van der Waals surface area contributed by atoms with Crippen molar-refractivity contribution in [2.75, 3.05) is 0 Å². The average molecular weight is 422 g/mol. The van der Waals surface area contributed by atoms with Crippen LogP contribution in [0.5, 0.6) is 5.75 Å². The largest absolute Gasteiger partial charge is 0.485 e. The lowest BCUT2D eigenvalue weighted by molar-refractivity contribution is 0.284. The zero-order chi connectivity index (χ0) is 19.4. The van der Waals surface area contributed by atoms with Crippen LogP contribution in [0.4, 0.5) is 0 Å². The summed E-state index contributed by atoms with van der Waals surface area (Å²) in [5, 5.41) is 10.7. The molecule has 0 spiro atoms. The third kappa shape index (κ3) is 4.78. The zero-order valence-corrected chi connectivity index (χ0v) is 17.8. The van der Waals surface area contributed by atoms with E-state index in [-0.39, 0.29) is 0 Å². The van der Waals surface area contributed by atoms with Crippen molar-refractivity contribution in [1.82, 2.24) is 14.8 Å². The fourth-order valence-corrected chi connectivity index (χ4v) is 4.08. The molecule has 0 N–H and O–H groups in total. The molecular formula is C20H21Cl2N3OS. The number of halogens is 2. The number of rotatable bonds is 7. The van der Waals surface area contributed by atoms with Crippen LogP contribution in [-0.2, 0) is 18.9 Å². The number of hydrogen-bond acceptors (Lipinski definition) is 4. The first kappa shape index (κ1) is 20.1. The molecule has 0 fully saturated rings. The number of benzene rings is 2. The van der Waals surface area contributed by atoms with Crippen LogP contribution in [0, 0.1) is 13.8 Å². The summed E-state index contributed by atoms with van der Waals surface area (Å²) in [4.78, 5) is 0. The molecule has 0 radical (unpaired) electrons. The summed E-state index contributed by atoms with van der Waals surface area (Å²) in [6, 6.07) is 11.8. The second-order valence-electron chi connectivity index (χ2n) is 6.19. The highest BCUT2D eigenvalue weighted by atomic mass is 35.5. The molecule has 1 heterocycles. The topological polar surface area (TPSA) is 39.9 Å². The maximum absolute atomic E-state index is 6.09. The van der Waals surface area contributed by atoms with Gasteiger partial charge in [-0.25, -0.2) is 0 Å². The van der Waals surface area contributed by atoms with E-state index in [1.807, 2.05) is 50.2 Å². The van der Waals surface area contributed by atoms with Crippen molar-refractivity contribution in [1.29, 1.82) is 0 Å². The summed E-state index contributed by atoms with van der Waals surface area (Å²) in [6.45, 7) is 7.34. The third-order valence-corrected chi connectivity index (χ3v) is 5.99. The van der Waals surface area contributed by atoms with E-state index in [2.05, 4.69) is 21.7 Å². The maximum Gasteiger partial charge on any atom is 0.191 e. The fourth-order valence-electron chi connectivity index (χ4n) is 2.79. The first-order valence-electron chi connectivity index (χ1n) is 8.67. The number of aromatic nitrogens is 3. The van der Waals surface area contributed by atoms with Crippen molar-refractivity contribution in [3.05, 3.63) is 69.0 Å². The highest BCUT2D eigenvalue weighted by Gasteiger charge is 2.13. The van der Waals surface area contributed by atoms with Crippen molar-refractivity contribution >= 4 is 35.0 Å². The van der Waals surface area contributed by atoms with Crippen LogP contribution >= 0.6 is 35.0 Å². The van der Waals surface area contributed by atoms with Gasteiger partial charge in [0.1, 0.15) is 12.4 Å². The van der Waals surface area contributed by atoms with Crippen LogP contribution in [0.15, 0.2) is 41.6 Å². The highest BCUT2D eigenvalue weighted by Crippen LogP contribution is 2.28. The van der Waals surface area contributed by atoms with E-state index in [0.717, 1.165) is 45.7 Å². The Labute approximate surface area is 173 Å². The standard InChI is InChI=1S/C20H21Cl2N3OS/c1-4-25-18(11-26-19-13(2)6-5-7-14(19)3)23-24-20(25)27-12-15-8-9-16(21)17(22)10-15/h5-10H,4,11-12H2,1-3H3. The second-order valence-corrected chi connectivity index (χ2v) is 7.95. The molecule has 0 aliphatic heterocycles. The lowest BCUT2D eigenvalue weighted by Gasteiger charge is -2.12. The van der Waals surface area contributed by atoms with E-state index < -0.39 is 0 Å². The van der Waals surface area contributed by atoms with E-state index in [0.29, 0.717) is 16.7 Å². The Kier molecular flexibility index (Phi) is 6.68. The van der Waals surface area contributed by atoms with Crippen LogP contribution in [0.25, 0.3) is 0 Å². The molecule has 1 aromatic heterocycles. The molecule has 0 bridgehead atoms. The molecule has 27 heavy (non-hydrogen) atoms. The molecule has 0 atom stereocenters. The monoisotopic (exact) mass is 421 g/mol. The van der Waals surface area contributed by atoms with Crippen LogP contribution in [-0.4, -0.2) is 14.8 Å². The van der Waals surface area contributed by atoms with E-state index >= 15 is 0 Å². The van der Waals surface area contributed by atoms with Gasteiger partial charge in [-0.15, -0.1) is 10.2 Å². The molecule has 7 heteroatoms. The minimum atomic E-state index is 0.389. The van der Waals surface area contributed by atoms with Crippen LogP contribution in [0.1, 0.15) is 29.4 Å². The van der Waals surface area contributed by atoms with Gasteiger partial charge < -0.3 is 9.30 Å². The van der Waals surface area contributed by atoms with Crippen molar-refractivity contribution in [3.63, 3.8) is 0 Å². The van der Waals surface area contributed by atoms with Gasteiger partial charge in [0.25, 0.3) is 0 Å². The second kappa shape index (κ2) is 9.00. The Morgan fingerprint density at radius 1 is 1.04 bits per heavy atom. The Balaban J connectivity index is 1.70. The van der Waals surface area contributed by atoms with Crippen LogP contribution in [0.3, 0.4) is 0 Å². The summed E-state index contributed by atoms with van der Waals surface area (Å²) in [6.07, 6.45) is 0. The molecule has 0 aliphatic rings. The predicted octanol–water partition coefficient (Wildman–Crippen LogP) is 6.09. The molecule has 0 saturated carbocycles. The number of hydrogen-bond donors (Lipinski definition) is 0.